The number of ether oxygens (including phenoxy) is 1. The fraction of sp³-hybridized carbons (Fsp3) is 0.714. The van der Waals surface area contributed by atoms with Crippen LogP contribution in [0.2, 0.25) is 0 Å². The van der Waals surface area contributed by atoms with E-state index in [0.29, 0.717) is 12.5 Å². The highest BCUT2D eigenvalue weighted by Gasteiger charge is 2.11. The first-order chi connectivity index (χ1) is 11.2. The monoisotopic (exact) mass is 320 g/mol. The van der Waals surface area contributed by atoms with Crippen LogP contribution in [-0.4, -0.2) is 18.8 Å². The van der Waals surface area contributed by atoms with Gasteiger partial charge in [-0.05, 0) is 48.8 Å². The average molecular weight is 321 g/mol. The molecule has 1 aliphatic carbocycles. The van der Waals surface area contributed by atoms with Crippen LogP contribution in [0, 0.1) is 5.92 Å². The lowest BCUT2D eigenvalue weighted by Crippen LogP contribution is -2.07. The molecule has 0 amide bonds. The fourth-order valence-corrected chi connectivity index (χ4v) is 3.49. The van der Waals surface area contributed by atoms with Gasteiger partial charge in [0.25, 0.3) is 0 Å². The highest BCUT2D eigenvalue weighted by atomic mass is 16.5. The van der Waals surface area contributed by atoms with Crippen molar-refractivity contribution in [1.82, 2.24) is 0 Å². The third-order valence-corrected chi connectivity index (χ3v) is 4.98. The van der Waals surface area contributed by atoms with Crippen LogP contribution < -0.4 is 4.74 Å². The maximum absolute atomic E-state index is 8.62. The number of benzene rings is 1. The van der Waals surface area contributed by atoms with Gasteiger partial charge in [-0.1, -0.05) is 64.5 Å². The molecule has 23 heavy (non-hydrogen) atoms. The molecule has 1 aromatic rings. The highest BCUT2D eigenvalue weighted by Crippen LogP contribution is 2.26. The Balaban J connectivity index is 0.000000253. The SMILES string of the molecule is CCCC(CC)c1ccc(OC)cc1.OCCC1CCCCC1. The molecule has 1 aliphatic rings. The minimum absolute atomic E-state index is 0.394. The minimum atomic E-state index is 0.394. The van der Waals surface area contributed by atoms with Crippen LogP contribution in [0.15, 0.2) is 24.3 Å². The van der Waals surface area contributed by atoms with E-state index < -0.39 is 0 Å². The summed E-state index contributed by atoms with van der Waals surface area (Å²) in [5.74, 6) is 2.51. The summed E-state index contributed by atoms with van der Waals surface area (Å²) in [5, 5.41) is 8.62. The summed E-state index contributed by atoms with van der Waals surface area (Å²) in [5.41, 5.74) is 1.44. The van der Waals surface area contributed by atoms with Gasteiger partial charge in [-0.25, -0.2) is 0 Å². The lowest BCUT2D eigenvalue weighted by atomic mass is 9.87. The Hall–Kier alpha value is -1.02. The van der Waals surface area contributed by atoms with Crippen LogP contribution >= 0.6 is 0 Å². The number of hydrogen-bond donors (Lipinski definition) is 1. The second kappa shape index (κ2) is 12.4. The van der Waals surface area contributed by atoms with Crippen LogP contribution in [0.3, 0.4) is 0 Å². The summed E-state index contributed by atoms with van der Waals surface area (Å²) in [7, 11) is 1.71. The summed E-state index contributed by atoms with van der Waals surface area (Å²) in [6.45, 7) is 4.89. The Morgan fingerprint density at radius 2 is 1.74 bits per heavy atom. The molecule has 132 valence electrons. The first kappa shape index (κ1) is 20.0. The standard InChI is InChI=1S/C13H20O.C8H16O/c1-4-6-11(5-2)12-7-9-13(14-3)10-8-12;9-7-6-8-4-2-1-3-5-8/h7-11H,4-6H2,1-3H3;8-9H,1-7H2. The van der Waals surface area contributed by atoms with Crippen LogP contribution in [0.1, 0.15) is 83.1 Å². The summed E-state index contributed by atoms with van der Waals surface area (Å²) < 4.78 is 5.14. The van der Waals surface area contributed by atoms with Crippen molar-refractivity contribution in [3.63, 3.8) is 0 Å². The van der Waals surface area contributed by atoms with Crippen LogP contribution in [0.25, 0.3) is 0 Å². The molecule has 1 aromatic carbocycles. The van der Waals surface area contributed by atoms with E-state index in [-0.39, 0.29) is 0 Å². The van der Waals surface area contributed by atoms with Crippen molar-refractivity contribution in [3.05, 3.63) is 29.8 Å². The highest BCUT2D eigenvalue weighted by molar-refractivity contribution is 5.29. The van der Waals surface area contributed by atoms with Crippen LogP contribution in [-0.2, 0) is 0 Å². The van der Waals surface area contributed by atoms with Crippen molar-refractivity contribution in [2.45, 2.75) is 77.6 Å². The summed E-state index contributed by atoms with van der Waals surface area (Å²) in [6.07, 6.45) is 11.7. The van der Waals surface area contributed by atoms with Gasteiger partial charge in [0, 0.05) is 6.61 Å². The molecular formula is C21H36O2. The molecule has 1 fully saturated rings. The third kappa shape index (κ3) is 7.87. The molecule has 0 saturated heterocycles. The molecule has 1 saturated carbocycles. The predicted molar refractivity (Wildman–Crippen MR) is 99.2 cm³/mol. The smallest absolute Gasteiger partial charge is 0.118 e. The Bertz CT molecular complexity index is 377. The molecule has 0 aromatic heterocycles. The normalized spacial score (nSPS) is 16.3. The number of aliphatic hydroxyl groups is 1. The largest absolute Gasteiger partial charge is 0.497 e. The lowest BCUT2D eigenvalue weighted by Gasteiger charge is -2.19. The molecule has 2 rings (SSSR count). The molecule has 1 unspecified atom stereocenters. The molecule has 2 nitrogen and oxygen atoms in total. The molecule has 1 atom stereocenters. The Morgan fingerprint density at radius 3 is 2.22 bits per heavy atom. The molecular weight excluding hydrogens is 284 g/mol. The molecule has 1 N–H and O–H groups in total. The van der Waals surface area contributed by atoms with E-state index >= 15 is 0 Å². The maximum atomic E-state index is 8.62. The number of hydrogen-bond acceptors (Lipinski definition) is 2. The lowest BCUT2D eigenvalue weighted by molar-refractivity contribution is 0.230. The van der Waals surface area contributed by atoms with Gasteiger partial charge in [0.1, 0.15) is 5.75 Å². The Morgan fingerprint density at radius 1 is 1.09 bits per heavy atom. The zero-order valence-corrected chi connectivity index (χ0v) is 15.4. The van der Waals surface area contributed by atoms with Crippen LogP contribution in [0.4, 0.5) is 0 Å². The number of rotatable bonds is 7. The van der Waals surface area contributed by atoms with Crippen molar-refractivity contribution < 1.29 is 9.84 Å². The summed E-state index contributed by atoms with van der Waals surface area (Å²) >= 11 is 0. The molecule has 0 heterocycles. The zero-order valence-electron chi connectivity index (χ0n) is 15.4. The molecule has 0 radical (unpaired) electrons. The van der Waals surface area contributed by atoms with E-state index in [4.69, 9.17) is 9.84 Å². The van der Waals surface area contributed by atoms with E-state index in [2.05, 4.69) is 26.0 Å². The summed E-state index contributed by atoms with van der Waals surface area (Å²) in [4.78, 5) is 0. The van der Waals surface area contributed by atoms with Crippen molar-refractivity contribution in [2.75, 3.05) is 13.7 Å². The molecule has 0 spiro atoms. The quantitative estimate of drug-likeness (QED) is 0.674. The Labute approximate surface area is 143 Å². The van der Waals surface area contributed by atoms with Gasteiger partial charge in [0.2, 0.25) is 0 Å². The van der Waals surface area contributed by atoms with Crippen molar-refractivity contribution in [2.24, 2.45) is 5.92 Å². The van der Waals surface area contributed by atoms with Gasteiger partial charge in [-0.2, -0.15) is 0 Å². The topological polar surface area (TPSA) is 29.5 Å². The fourth-order valence-electron chi connectivity index (χ4n) is 3.49. The number of aliphatic hydroxyl groups excluding tert-OH is 1. The van der Waals surface area contributed by atoms with Gasteiger partial charge in [-0.15, -0.1) is 0 Å². The molecule has 0 bridgehead atoms. The van der Waals surface area contributed by atoms with E-state index in [0.717, 1.165) is 18.1 Å². The van der Waals surface area contributed by atoms with Crippen LogP contribution in [0.5, 0.6) is 5.75 Å². The Kier molecular flexibility index (Phi) is 10.8. The van der Waals surface area contributed by atoms with Crippen molar-refractivity contribution in [3.8, 4) is 5.75 Å². The second-order valence-electron chi connectivity index (χ2n) is 6.68. The van der Waals surface area contributed by atoms with Gasteiger partial charge in [-0.3, -0.25) is 0 Å². The summed E-state index contributed by atoms with van der Waals surface area (Å²) in [6, 6.07) is 8.46. The van der Waals surface area contributed by atoms with E-state index in [9.17, 15) is 0 Å². The maximum Gasteiger partial charge on any atom is 0.118 e. The van der Waals surface area contributed by atoms with Gasteiger partial charge < -0.3 is 9.84 Å². The van der Waals surface area contributed by atoms with E-state index in [1.54, 1.807) is 7.11 Å². The molecule has 2 heteroatoms. The second-order valence-corrected chi connectivity index (χ2v) is 6.68. The predicted octanol–water partition coefficient (Wildman–Crippen LogP) is 5.94. The molecule has 0 aliphatic heterocycles. The average Bonchev–Trinajstić information content (AvgIpc) is 2.61. The van der Waals surface area contributed by atoms with Gasteiger partial charge >= 0.3 is 0 Å². The van der Waals surface area contributed by atoms with Gasteiger partial charge in [0.15, 0.2) is 0 Å². The zero-order chi connectivity index (χ0) is 16.9. The minimum Gasteiger partial charge on any atom is -0.497 e. The number of methoxy groups -OCH3 is 1. The van der Waals surface area contributed by atoms with Crippen molar-refractivity contribution in [1.29, 1.82) is 0 Å². The first-order valence-electron chi connectivity index (χ1n) is 9.49. The third-order valence-electron chi connectivity index (χ3n) is 4.98. The first-order valence-corrected chi connectivity index (χ1v) is 9.49. The van der Waals surface area contributed by atoms with Gasteiger partial charge in [0.05, 0.1) is 7.11 Å². The van der Waals surface area contributed by atoms with E-state index in [1.165, 1.54) is 56.9 Å². The van der Waals surface area contributed by atoms with E-state index in [1.807, 2.05) is 12.1 Å². The van der Waals surface area contributed by atoms with Crippen molar-refractivity contribution >= 4 is 0 Å².